The second-order valence-corrected chi connectivity index (χ2v) is 6.48. The van der Waals surface area contributed by atoms with E-state index in [1.54, 1.807) is 4.90 Å². The predicted molar refractivity (Wildman–Crippen MR) is 73.5 cm³/mol. The molecule has 6 heteroatoms. The summed E-state index contributed by atoms with van der Waals surface area (Å²) in [5, 5.41) is 12.2. The molecule has 1 heterocycles. The van der Waals surface area contributed by atoms with Crippen LogP contribution in [-0.4, -0.2) is 53.8 Å². The van der Waals surface area contributed by atoms with Crippen molar-refractivity contribution in [1.82, 2.24) is 10.2 Å². The average molecular weight is 284 g/mol. The molecule has 0 atom stereocenters. The van der Waals surface area contributed by atoms with Crippen molar-refractivity contribution < 1.29 is 19.4 Å². The van der Waals surface area contributed by atoms with Gasteiger partial charge in [-0.15, -0.1) is 0 Å². The van der Waals surface area contributed by atoms with Gasteiger partial charge in [-0.1, -0.05) is 12.8 Å². The predicted octanol–water partition coefficient (Wildman–Crippen LogP) is 1.45. The van der Waals surface area contributed by atoms with Crippen LogP contribution in [0.4, 0.5) is 4.79 Å². The SMILES string of the molecule is CC1(C)CN(C(=O)NCC2(C(=O)O)CCCC2)CCO1. The van der Waals surface area contributed by atoms with Gasteiger partial charge in [-0.05, 0) is 26.7 Å². The van der Waals surface area contributed by atoms with Crippen molar-refractivity contribution in [2.45, 2.75) is 45.1 Å². The monoisotopic (exact) mass is 284 g/mol. The van der Waals surface area contributed by atoms with Crippen LogP contribution in [0.1, 0.15) is 39.5 Å². The number of nitrogens with zero attached hydrogens (tertiary/aromatic N) is 1. The molecule has 1 saturated heterocycles. The molecule has 1 saturated carbocycles. The summed E-state index contributed by atoms with van der Waals surface area (Å²) in [5.41, 5.74) is -1.11. The zero-order valence-corrected chi connectivity index (χ0v) is 12.3. The van der Waals surface area contributed by atoms with E-state index in [2.05, 4.69) is 5.32 Å². The van der Waals surface area contributed by atoms with E-state index in [1.165, 1.54) is 0 Å². The van der Waals surface area contributed by atoms with Gasteiger partial charge in [0.2, 0.25) is 0 Å². The first kappa shape index (κ1) is 15.1. The molecule has 0 aromatic carbocycles. The van der Waals surface area contributed by atoms with E-state index in [0.717, 1.165) is 12.8 Å². The Labute approximate surface area is 119 Å². The highest BCUT2D eigenvalue weighted by Gasteiger charge is 2.42. The number of carboxylic acid groups (broad SMARTS) is 1. The summed E-state index contributed by atoms with van der Waals surface area (Å²) in [4.78, 5) is 25.3. The van der Waals surface area contributed by atoms with Gasteiger partial charge in [0.25, 0.3) is 0 Å². The standard InChI is InChI=1S/C14H24N2O4/c1-13(2)10-16(7-8-20-13)12(19)15-9-14(11(17)18)5-3-4-6-14/h3-10H2,1-2H3,(H,15,19)(H,17,18). The topological polar surface area (TPSA) is 78.9 Å². The Hall–Kier alpha value is -1.30. The minimum atomic E-state index is -0.794. The molecular weight excluding hydrogens is 260 g/mol. The second-order valence-electron chi connectivity index (χ2n) is 6.48. The first-order valence-corrected chi connectivity index (χ1v) is 7.25. The van der Waals surface area contributed by atoms with Gasteiger partial charge in [0.05, 0.1) is 24.2 Å². The summed E-state index contributed by atoms with van der Waals surface area (Å²) in [6.07, 6.45) is 3.15. The maximum absolute atomic E-state index is 12.2. The lowest BCUT2D eigenvalue weighted by molar-refractivity contribution is -0.148. The Morgan fingerprint density at radius 2 is 1.95 bits per heavy atom. The number of carbonyl (C=O) groups excluding carboxylic acids is 1. The third-order valence-electron chi connectivity index (χ3n) is 4.31. The Kier molecular flexibility index (Phi) is 4.22. The highest BCUT2D eigenvalue weighted by Crippen LogP contribution is 2.37. The lowest BCUT2D eigenvalue weighted by Gasteiger charge is -2.38. The summed E-state index contributed by atoms with van der Waals surface area (Å²) in [6.45, 7) is 5.71. The number of urea groups is 1. The average Bonchev–Trinajstić information content (AvgIpc) is 2.85. The van der Waals surface area contributed by atoms with Gasteiger partial charge in [0.1, 0.15) is 0 Å². The minimum Gasteiger partial charge on any atom is -0.481 e. The number of carbonyl (C=O) groups is 2. The number of morpholine rings is 1. The maximum Gasteiger partial charge on any atom is 0.317 e. The molecule has 2 amide bonds. The van der Waals surface area contributed by atoms with Gasteiger partial charge in [0.15, 0.2) is 0 Å². The lowest BCUT2D eigenvalue weighted by atomic mass is 9.86. The smallest absolute Gasteiger partial charge is 0.317 e. The van der Waals surface area contributed by atoms with Crippen molar-refractivity contribution in [3.63, 3.8) is 0 Å². The van der Waals surface area contributed by atoms with Crippen LogP contribution in [0.25, 0.3) is 0 Å². The zero-order valence-electron chi connectivity index (χ0n) is 12.3. The summed E-state index contributed by atoms with van der Waals surface area (Å²) in [6, 6.07) is -0.186. The highest BCUT2D eigenvalue weighted by atomic mass is 16.5. The normalized spacial score (nSPS) is 24.4. The van der Waals surface area contributed by atoms with Gasteiger partial charge in [-0.25, -0.2) is 4.79 Å². The fourth-order valence-corrected chi connectivity index (χ4v) is 3.06. The van der Waals surface area contributed by atoms with E-state index in [0.29, 0.717) is 32.5 Å². The molecule has 1 aliphatic heterocycles. The molecule has 0 radical (unpaired) electrons. The molecule has 0 aromatic rings. The Bertz CT molecular complexity index is 389. The van der Waals surface area contributed by atoms with Gasteiger partial charge >= 0.3 is 12.0 Å². The van der Waals surface area contributed by atoms with Crippen molar-refractivity contribution >= 4 is 12.0 Å². The molecule has 20 heavy (non-hydrogen) atoms. The van der Waals surface area contributed by atoms with Crippen molar-refractivity contribution in [3.05, 3.63) is 0 Å². The van der Waals surface area contributed by atoms with Crippen LogP contribution < -0.4 is 5.32 Å². The molecule has 2 rings (SSSR count). The van der Waals surface area contributed by atoms with Gasteiger partial charge in [0, 0.05) is 13.1 Å². The largest absolute Gasteiger partial charge is 0.481 e. The van der Waals surface area contributed by atoms with E-state index in [1.807, 2.05) is 13.8 Å². The quantitative estimate of drug-likeness (QED) is 0.822. The van der Waals surface area contributed by atoms with Crippen molar-refractivity contribution in [3.8, 4) is 0 Å². The number of ether oxygens (including phenoxy) is 1. The number of carboxylic acids is 1. The molecule has 0 bridgehead atoms. The van der Waals surface area contributed by atoms with E-state index < -0.39 is 11.4 Å². The number of aliphatic carboxylic acids is 1. The first-order valence-electron chi connectivity index (χ1n) is 7.25. The molecule has 6 nitrogen and oxygen atoms in total. The number of rotatable bonds is 3. The van der Waals surface area contributed by atoms with Crippen LogP contribution in [-0.2, 0) is 9.53 Å². The number of hydrogen-bond acceptors (Lipinski definition) is 3. The molecule has 2 aliphatic rings. The van der Waals surface area contributed by atoms with Crippen LogP contribution in [0, 0.1) is 5.41 Å². The third kappa shape index (κ3) is 3.23. The fourth-order valence-electron chi connectivity index (χ4n) is 3.06. The van der Waals surface area contributed by atoms with Crippen LogP contribution in [0.2, 0.25) is 0 Å². The fraction of sp³-hybridized carbons (Fsp3) is 0.857. The Morgan fingerprint density at radius 3 is 2.50 bits per heavy atom. The van der Waals surface area contributed by atoms with Crippen LogP contribution >= 0.6 is 0 Å². The van der Waals surface area contributed by atoms with Crippen LogP contribution in [0.15, 0.2) is 0 Å². The summed E-state index contributed by atoms with van der Waals surface area (Å²) in [5.74, 6) is -0.794. The number of nitrogens with one attached hydrogen (secondary N) is 1. The molecule has 0 aromatic heterocycles. The van der Waals surface area contributed by atoms with E-state index in [4.69, 9.17) is 4.74 Å². The lowest BCUT2D eigenvalue weighted by Crippen LogP contribution is -2.55. The number of hydrogen-bond donors (Lipinski definition) is 2. The molecule has 1 aliphatic carbocycles. The second kappa shape index (κ2) is 5.60. The molecule has 0 spiro atoms. The van der Waals surface area contributed by atoms with Crippen molar-refractivity contribution in [2.75, 3.05) is 26.2 Å². The third-order valence-corrected chi connectivity index (χ3v) is 4.31. The van der Waals surface area contributed by atoms with Crippen LogP contribution in [0.3, 0.4) is 0 Å². The molecule has 2 fully saturated rings. The zero-order chi connectivity index (χ0) is 14.8. The van der Waals surface area contributed by atoms with Crippen molar-refractivity contribution in [2.24, 2.45) is 5.41 Å². The highest BCUT2D eigenvalue weighted by molar-refractivity contribution is 5.78. The molecule has 2 N–H and O–H groups in total. The first-order chi connectivity index (χ1) is 9.35. The minimum absolute atomic E-state index is 0.186. The molecule has 0 unspecified atom stereocenters. The van der Waals surface area contributed by atoms with Crippen molar-refractivity contribution in [1.29, 1.82) is 0 Å². The van der Waals surface area contributed by atoms with Gasteiger partial charge in [-0.2, -0.15) is 0 Å². The Balaban J connectivity index is 1.90. The van der Waals surface area contributed by atoms with Crippen LogP contribution in [0.5, 0.6) is 0 Å². The van der Waals surface area contributed by atoms with Gasteiger partial charge in [-0.3, -0.25) is 4.79 Å². The summed E-state index contributed by atoms with van der Waals surface area (Å²) < 4.78 is 5.57. The summed E-state index contributed by atoms with van der Waals surface area (Å²) >= 11 is 0. The van der Waals surface area contributed by atoms with E-state index in [9.17, 15) is 14.7 Å². The van der Waals surface area contributed by atoms with E-state index in [-0.39, 0.29) is 18.2 Å². The molecule has 114 valence electrons. The Morgan fingerprint density at radius 1 is 1.30 bits per heavy atom. The van der Waals surface area contributed by atoms with Gasteiger partial charge < -0.3 is 20.1 Å². The van der Waals surface area contributed by atoms with E-state index >= 15 is 0 Å². The molecular formula is C14H24N2O4. The maximum atomic E-state index is 12.2. The number of amides is 2. The summed E-state index contributed by atoms with van der Waals surface area (Å²) in [7, 11) is 0.